The van der Waals surface area contributed by atoms with Crippen LogP contribution in [0.15, 0.2) is 22.9 Å². The molecule has 0 bridgehead atoms. The van der Waals surface area contributed by atoms with Crippen molar-refractivity contribution < 1.29 is 14.1 Å². The Hall–Kier alpha value is -2.77. The van der Waals surface area contributed by atoms with Crippen LogP contribution in [-0.4, -0.2) is 38.4 Å². The van der Waals surface area contributed by atoms with Crippen LogP contribution in [0, 0.1) is 0 Å². The van der Waals surface area contributed by atoms with Crippen molar-refractivity contribution in [3.8, 4) is 0 Å². The average molecular weight is 343 g/mol. The lowest BCUT2D eigenvalue weighted by atomic mass is 10.2. The van der Waals surface area contributed by atoms with E-state index in [9.17, 15) is 9.59 Å². The van der Waals surface area contributed by atoms with Crippen molar-refractivity contribution in [3.63, 3.8) is 0 Å². The molecule has 1 fully saturated rings. The molecule has 2 amide bonds. The van der Waals surface area contributed by atoms with Gasteiger partial charge in [0.2, 0.25) is 5.91 Å². The molecule has 0 aliphatic carbocycles. The molecule has 25 heavy (non-hydrogen) atoms. The molecular weight excluding hydrogens is 322 g/mol. The smallest absolute Gasteiger partial charge is 0.276 e. The summed E-state index contributed by atoms with van der Waals surface area (Å²) in [6, 6.07) is 3.25. The maximum Gasteiger partial charge on any atom is 0.276 e. The molecule has 0 unspecified atom stereocenters. The molecular formula is C17H21N5O3. The Morgan fingerprint density at radius 1 is 1.44 bits per heavy atom. The molecule has 3 rings (SSSR count). The molecule has 1 N–H and O–H groups in total. The van der Waals surface area contributed by atoms with Gasteiger partial charge >= 0.3 is 0 Å². The van der Waals surface area contributed by atoms with E-state index in [0.717, 1.165) is 12.8 Å². The fourth-order valence-corrected chi connectivity index (χ4v) is 2.89. The number of likely N-dealkylation sites (tertiary alicyclic amines) is 1. The highest BCUT2D eigenvalue weighted by molar-refractivity contribution is 5.92. The van der Waals surface area contributed by atoms with E-state index in [1.165, 1.54) is 6.92 Å². The van der Waals surface area contributed by atoms with Gasteiger partial charge in [-0.15, -0.1) is 0 Å². The number of hydrogen-bond donors (Lipinski definition) is 1. The molecule has 1 saturated heterocycles. The number of rotatable bonds is 5. The SMILES string of the molecule is CCc1cc(C(=O)N2CCC[C@@H]2c2nccc(CNC(C)=O)n2)no1. The molecule has 132 valence electrons. The number of carbonyl (C=O) groups is 2. The van der Waals surface area contributed by atoms with Crippen molar-refractivity contribution in [2.75, 3.05) is 6.54 Å². The number of hydrogen-bond acceptors (Lipinski definition) is 6. The second-order valence-corrected chi connectivity index (χ2v) is 6.00. The maximum atomic E-state index is 12.8. The van der Waals surface area contributed by atoms with Gasteiger partial charge in [-0.3, -0.25) is 9.59 Å². The van der Waals surface area contributed by atoms with Gasteiger partial charge in [-0.25, -0.2) is 9.97 Å². The van der Waals surface area contributed by atoms with E-state index in [4.69, 9.17) is 4.52 Å². The summed E-state index contributed by atoms with van der Waals surface area (Å²) in [7, 11) is 0. The van der Waals surface area contributed by atoms with E-state index in [1.807, 2.05) is 6.92 Å². The van der Waals surface area contributed by atoms with Crippen molar-refractivity contribution in [2.45, 2.75) is 45.7 Å². The number of nitrogens with zero attached hydrogens (tertiary/aromatic N) is 4. The van der Waals surface area contributed by atoms with E-state index >= 15 is 0 Å². The molecule has 0 aromatic carbocycles. The van der Waals surface area contributed by atoms with E-state index in [-0.39, 0.29) is 17.9 Å². The van der Waals surface area contributed by atoms with Gasteiger partial charge in [-0.05, 0) is 18.9 Å². The zero-order chi connectivity index (χ0) is 17.8. The zero-order valence-corrected chi connectivity index (χ0v) is 14.4. The molecule has 0 spiro atoms. The first-order valence-corrected chi connectivity index (χ1v) is 8.41. The Labute approximate surface area is 145 Å². The van der Waals surface area contributed by atoms with Crippen LogP contribution in [0.3, 0.4) is 0 Å². The number of amides is 2. The Morgan fingerprint density at radius 3 is 3.00 bits per heavy atom. The Kier molecular flexibility index (Phi) is 5.06. The van der Waals surface area contributed by atoms with Gasteiger partial charge in [-0.2, -0.15) is 0 Å². The van der Waals surface area contributed by atoms with Gasteiger partial charge in [0.15, 0.2) is 11.5 Å². The summed E-state index contributed by atoms with van der Waals surface area (Å²) in [6.07, 6.45) is 4.03. The van der Waals surface area contributed by atoms with E-state index < -0.39 is 0 Å². The van der Waals surface area contributed by atoms with Crippen LogP contribution < -0.4 is 5.32 Å². The maximum absolute atomic E-state index is 12.8. The van der Waals surface area contributed by atoms with Crippen LogP contribution in [0.1, 0.15) is 60.5 Å². The first-order valence-electron chi connectivity index (χ1n) is 8.41. The van der Waals surface area contributed by atoms with Crippen molar-refractivity contribution in [3.05, 3.63) is 41.3 Å². The Morgan fingerprint density at radius 2 is 2.28 bits per heavy atom. The predicted octanol–water partition coefficient (Wildman–Crippen LogP) is 1.64. The minimum atomic E-state index is -0.188. The first kappa shape index (κ1) is 17.1. The molecule has 1 atom stereocenters. The third-order valence-electron chi connectivity index (χ3n) is 4.19. The molecule has 2 aromatic rings. The largest absolute Gasteiger partial charge is 0.361 e. The van der Waals surface area contributed by atoms with Gasteiger partial charge < -0.3 is 14.7 Å². The molecule has 2 aromatic heterocycles. The van der Waals surface area contributed by atoms with Crippen LogP contribution in [0.5, 0.6) is 0 Å². The predicted molar refractivity (Wildman–Crippen MR) is 88.4 cm³/mol. The van der Waals surface area contributed by atoms with Crippen molar-refractivity contribution in [1.82, 2.24) is 25.3 Å². The summed E-state index contributed by atoms with van der Waals surface area (Å²) in [4.78, 5) is 34.4. The van der Waals surface area contributed by atoms with Gasteiger partial charge in [0.05, 0.1) is 18.3 Å². The summed E-state index contributed by atoms with van der Waals surface area (Å²) < 4.78 is 5.14. The summed E-state index contributed by atoms with van der Waals surface area (Å²) in [5, 5.41) is 6.59. The van der Waals surface area contributed by atoms with E-state index in [1.54, 1.807) is 23.2 Å². The van der Waals surface area contributed by atoms with Gasteiger partial charge in [0.25, 0.3) is 5.91 Å². The fourth-order valence-electron chi connectivity index (χ4n) is 2.89. The fraction of sp³-hybridized carbons (Fsp3) is 0.471. The summed E-state index contributed by atoms with van der Waals surface area (Å²) in [6.45, 7) is 4.38. The third kappa shape index (κ3) is 3.84. The van der Waals surface area contributed by atoms with E-state index in [0.29, 0.717) is 42.5 Å². The monoisotopic (exact) mass is 343 g/mol. The van der Waals surface area contributed by atoms with Gasteiger partial charge in [0.1, 0.15) is 5.76 Å². The minimum Gasteiger partial charge on any atom is -0.361 e. The van der Waals surface area contributed by atoms with Crippen molar-refractivity contribution in [1.29, 1.82) is 0 Å². The lowest BCUT2D eigenvalue weighted by Gasteiger charge is -2.22. The van der Waals surface area contributed by atoms with E-state index in [2.05, 4.69) is 20.4 Å². The first-order chi connectivity index (χ1) is 12.1. The third-order valence-corrected chi connectivity index (χ3v) is 4.19. The van der Waals surface area contributed by atoms with Gasteiger partial charge in [0, 0.05) is 32.2 Å². The lowest BCUT2D eigenvalue weighted by molar-refractivity contribution is -0.119. The van der Waals surface area contributed by atoms with Crippen molar-refractivity contribution >= 4 is 11.8 Å². The number of carbonyl (C=O) groups excluding carboxylic acids is 2. The highest BCUT2D eigenvalue weighted by Gasteiger charge is 2.33. The number of aromatic nitrogens is 3. The highest BCUT2D eigenvalue weighted by atomic mass is 16.5. The number of aryl methyl sites for hydroxylation is 1. The van der Waals surface area contributed by atoms with Crippen molar-refractivity contribution in [2.24, 2.45) is 0 Å². The summed E-state index contributed by atoms with van der Waals surface area (Å²) in [5.74, 6) is 0.998. The second-order valence-electron chi connectivity index (χ2n) is 6.00. The minimum absolute atomic E-state index is 0.115. The topological polar surface area (TPSA) is 101 Å². The molecule has 8 nitrogen and oxygen atoms in total. The molecule has 0 radical (unpaired) electrons. The lowest BCUT2D eigenvalue weighted by Crippen LogP contribution is -2.32. The van der Waals surface area contributed by atoms with Gasteiger partial charge in [-0.1, -0.05) is 12.1 Å². The quantitative estimate of drug-likeness (QED) is 0.885. The Bertz CT molecular complexity index is 773. The summed E-state index contributed by atoms with van der Waals surface area (Å²) >= 11 is 0. The van der Waals surface area contributed by atoms with Crippen LogP contribution in [-0.2, 0) is 17.8 Å². The standard InChI is InChI=1S/C17H21N5O3/c1-3-13-9-14(21-25-13)17(24)22-8-4-5-15(22)16-18-7-6-12(20-16)10-19-11(2)23/h6-7,9,15H,3-5,8,10H2,1-2H3,(H,19,23)/t15-/m1/s1. The second kappa shape index (κ2) is 7.42. The molecule has 8 heteroatoms. The normalized spacial score (nSPS) is 16.9. The van der Waals surface area contributed by atoms with Crippen LogP contribution in [0.2, 0.25) is 0 Å². The average Bonchev–Trinajstić information content (AvgIpc) is 3.28. The highest BCUT2D eigenvalue weighted by Crippen LogP contribution is 2.31. The molecule has 3 heterocycles. The van der Waals surface area contributed by atoms with Crippen LogP contribution >= 0.6 is 0 Å². The van der Waals surface area contributed by atoms with Crippen LogP contribution in [0.4, 0.5) is 0 Å². The molecule has 1 aliphatic rings. The Balaban J connectivity index is 1.78. The summed E-state index contributed by atoms with van der Waals surface area (Å²) in [5.41, 5.74) is 1.03. The zero-order valence-electron chi connectivity index (χ0n) is 14.4. The van der Waals surface area contributed by atoms with Crippen LogP contribution in [0.25, 0.3) is 0 Å². The number of nitrogens with one attached hydrogen (secondary N) is 1. The molecule has 0 saturated carbocycles. The molecule has 1 aliphatic heterocycles.